The maximum atomic E-state index is 5.99. The molecule has 2 aromatic rings. The number of benzene rings is 1. The van der Waals surface area contributed by atoms with Gasteiger partial charge in [0, 0.05) is 22.6 Å². The van der Waals surface area contributed by atoms with Crippen molar-refractivity contribution in [2.24, 2.45) is 0 Å². The Kier molecular flexibility index (Phi) is 4.38. The van der Waals surface area contributed by atoms with Gasteiger partial charge >= 0.3 is 0 Å². The molecule has 1 aromatic heterocycles. The van der Waals surface area contributed by atoms with E-state index in [1.165, 1.54) is 19.3 Å². The lowest BCUT2D eigenvalue weighted by atomic mass is 10.0. The van der Waals surface area contributed by atoms with E-state index in [4.69, 9.17) is 16.3 Å². The molecule has 3 nitrogen and oxygen atoms in total. The highest BCUT2D eigenvalue weighted by molar-refractivity contribution is 6.31. The molecular weight excluding hydrogens is 272 g/mol. The number of ether oxygens (including phenoxy) is 1. The van der Waals surface area contributed by atoms with Gasteiger partial charge in [-0.2, -0.15) is 0 Å². The lowest BCUT2D eigenvalue weighted by Gasteiger charge is -2.23. The minimum atomic E-state index is 0.603. The Hall–Kier alpha value is -1.32. The summed E-state index contributed by atoms with van der Waals surface area (Å²) in [4.78, 5) is 4.32. The first-order valence-corrected chi connectivity index (χ1v) is 7.61. The first-order chi connectivity index (χ1) is 9.83. The van der Waals surface area contributed by atoms with Gasteiger partial charge in [-0.15, -0.1) is 0 Å². The van der Waals surface area contributed by atoms with Crippen molar-refractivity contribution in [1.29, 1.82) is 0 Å². The van der Waals surface area contributed by atoms with Gasteiger partial charge in [0.2, 0.25) is 0 Å². The zero-order chi connectivity index (χ0) is 13.8. The summed E-state index contributed by atoms with van der Waals surface area (Å²) in [5, 5.41) is 5.26. The zero-order valence-electron chi connectivity index (χ0n) is 11.4. The first kappa shape index (κ1) is 13.7. The van der Waals surface area contributed by atoms with E-state index in [-0.39, 0.29) is 0 Å². The molecule has 0 spiro atoms. The normalized spacial score (nSPS) is 19.1. The van der Waals surface area contributed by atoms with E-state index in [1.807, 2.05) is 24.3 Å². The highest BCUT2D eigenvalue weighted by Crippen LogP contribution is 2.26. The van der Waals surface area contributed by atoms with Crippen molar-refractivity contribution < 1.29 is 4.74 Å². The number of pyridine rings is 1. The quantitative estimate of drug-likeness (QED) is 0.930. The van der Waals surface area contributed by atoms with E-state index in [0.717, 1.165) is 36.2 Å². The van der Waals surface area contributed by atoms with Crippen LogP contribution >= 0.6 is 11.6 Å². The van der Waals surface area contributed by atoms with Crippen LogP contribution in [0.25, 0.3) is 10.9 Å². The summed E-state index contributed by atoms with van der Waals surface area (Å²) in [7, 11) is 0. The van der Waals surface area contributed by atoms with Crippen LogP contribution in [0.4, 0.5) is 0 Å². The Morgan fingerprint density at radius 3 is 3.10 bits per heavy atom. The summed E-state index contributed by atoms with van der Waals surface area (Å²) in [6.45, 7) is 1.88. The van der Waals surface area contributed by atoms with E-state index < -0.39 is 0 Å². The molecule has 1 fully saturated rings. The molecule has 0 saturated carbocycles. The second-order valence-electron chi connectivity index (χ2n) is 5.25. The van der Waals surface area contributed by atoms with Crippen molar-refractivity contribution in [3.8, 4) is 5.75 Å². The van der Waals surface area contributed by atoms with Crippen molar-refractivity contribution in [2.45, 2.75) is 31.7 Å². The molecule has 1 saturated heterocycles. The SMILES string of the molecule is Clc1ccc2c(OCCC3CCCCN3)ccnc2c1. The second kappa shape index (κ2) is 6.42. The van der Waals surface area contributed by atoms with Gasteiger partial charge in [-0.05, 0) is 50.1 Å². The Morgan fingerprint density at radius 2 is 2.25 bits per heavy atom. The zero-order valence-corrected chi connectivity index (χ0v) is 12.2. The molecule has 1 aliphatic rings. The number of nitrogens with zero attached hydrogens (tertiary/aromatic N) is 1. The summed E-state index contributed by atoms with van der Waals surface area (Å²) in [5.74, 6) is 0.891. The van der Waals surface area contributed by atoms with Crippen molar-refractivity contribution in [3.05, 3.63) is 35.5 Å². The predicted octanol–water partition coefficient (Wildman–Crippen LogP) is 3.80. The van der Waals surface area contributed by atoms with Gasteiger partial charge in [0.25, 0.3) is 0 Å². The molecule has 2 heterocycles. The number of halogens is 1. The molecule has 1 aromatic carbocycles. The fraction of sp³-hybridized carbons (Fsp3) is 0.438. The third kappa shape index (κ3) is 3.22. The van der Waals surface area contributed by atoms with Crippen LogP contribution in [0.5, 0.6) is 5.75 Å². The summed E-state index contributed by atoms with van der Waals surface area (Å²) in [5.41, 5.74) is 0.880. The van der Waals surface area contributed by atoms with Gasteiger partial charge in [-0.1, -0.05) is 18.0 Å². The first-order valence-electron chi connectivity index (χ1n) is 7.23. The van der Waals surface area contributed by atoms with Gasteiger partial charge < -0.3 is 10.1 Å². The van der Waals surface area contributed by atoms with Gasteiger partial charge in [0.15, 0.2) is 0 Å². The molecule has 0 amide bonds. The van der Waals surface area contributed by atoms with Crippen molar-refractivity contribution >= 4 is 22.5 Å². The van der Waals surface area contributed by atoms with Crippen LogP contribution in [0, 0.1) is 0 Å². The number of aromatic nitrogens is 1. The van der Waals surface area contributed by atoms with Crippen molar-refractivity contribution in [1.82, 2.24) is 10.3 Å². The molecule has 4 heteroatoms. The number of hydrogen-bond donors (Lipinski definition) is 1. The van der Waals surface area contributed by atoms with E-state index >= 15 is 0 Å². The monoisotopic (exact) mass is 290 g/mol. The fourth-order valence-corrected chi connectivity index (χ4v) is 2.87. The highest BCUT2D eigenvalue weighted by atomic mass is 35.5. The van der Waals surface area contributed by atoms with Crippen LogP contribution in [-0.2, 0) is 0 Å². The Labute approximate surface area is 124 Å². The third-order valence-corrected chi connectivity index (χ3v) is 4.04. The molecule has 1 aliphatic heterocycles. The van der Waals surface area contributed by atoms with Gasteiger partial charge in [0.05, 0.1) is 12.1 Å². The van der Waals surface area contributed by atoms with Gasteiger partial charge in [0.1, 0.15) is 5.75 Å². The Balaban J connectivity index is 1.65. The minimum Gasteiger partial charge on any atom is -0.493 e. The lowest BCUT2D eigenvalue weighted by Crippen LogP contribution is -2.35. The maximum absolute atomic E-state index is 5.99. The van der Waals surface area contributed by atoms with Gasteiger partial charge in [-0.25, -0.2) is 0 Å². The standard InChI is InChI=1S/C16H19ClN2O/c17-12-4-5-14-15(11-12)19-9-6-16(14)20-10-7-13-3-1-2-8-18-13/h4-6,9,11,13,18H,1-3,7-8,10H2. The lowest BCUT2D eigenvalue weighted by molar-refractivity contribution is 0.270. The summed E-state index contributed by atoms with van der Waals surface area (Å²) < 4.78 is 5.94. The second-order valence-corrected chi connectivity index (χ2v) is 5.69. The number of piperidine rings is 1. The van der Waals surface area contributed by atoms with Crippen LogP contribution < -0.4 is 10.1 Å². The molecule has 0 aliphatic carbocycles. The molecule has 0 bridgehead atoms. The van der Waals surface area contributed by atoms with Crippen LogP contribution in [-0.4, -0.2) is 24.2 Å². The van der Waals surface area contributed by atoms with E-state index in [1.54, 1.807) is 6.20 Å². The minimum absolute atomic E-state index is 0.603. The molecule has 1 unspecified atom stereocenters. The van der Waals surface area contributed by atoms with Crippen LogP contribution in [0.15, 0.2) is 30.5 Å². The largest absolute Gasteiger partial charge is 0.493 e. The number of fused-ring (bicyclic) bond motifs is 1. The topological polar surface area (TPSA) is 34.1 Å². The van der Waals surface area contributed by atoms with E-state index in [2.05, 4.69) is 10.3 Å². The van der Waals surface area contributed by atoms with E-state index in [9.17, 15) is 0 Å². The van der Waals surface area contributed by atoms with Gasteiger partial charge in [-0.3, -0.25) is 4.98 Å². The Bertz CT molecular complexity index is 582. The van der Waals surface area contributed by atoms with Crippen LogP contribution in [0.2, 0.25) is 5.02 Å². The molecule has 20 heavy (non-hydrogen) atoms. The molecule has 1 N–H and O–H groups in total. The summed E-state index contributed by atoms with van der Waals surface area (Å²) in [6, 6.07) is 8.24. The fourth-order valence-electron chi connectivity index (χ4n) is 2.70. The van der Waals surface area contributed by atoms with Crippen LogP contribution in [0.3, 0.4) is 0 Å². The summed E-state index contributed by atoms with van der Waals surface area (Å²) >= 11 is 5.99. The Morgan fingerprint density at radius 1 is 1.30 bits per heavy atom. The smallest absolute Gasteiger partial charge is 0.130 e. The number of hydrogen-bond acceptors (Lipinski definition) is 3. The molecule has 3 rings (SSSR count). The third-order valence-electron chi connectivity index (χ3n) is 3.80. The average Bonchev–Trinajstić information content (AvgIpc) is 2.48. The number of nitrogens with one attached hydrogen (secondary N) is 1. The van der Waals surface area contributed by atoms with Crippen LogP contribution in [0.1, 0.15) is 25.7 Å². The molecular formula is C16H19ClN2O. The average molecular weight is 291 g/mol. The number of rotatable bonds is 4. The predicted molar refractivity (Wildman–Crippen MR) is 82.5 cm³/mol. The van der Waals surface area contributed by atoms with Crippen molar-refractivity contribution in [2.75, 3.05) is 13.2 Å². The molecule has 106 valence electrons. The molecule has 1 atom stereocenters. The van der Waals surface area contributed by atoms with Crippen molar-refractivity contribution in [3.63, 3.8) is 0 Å². The van der Waals surface area contributed by atoms with E-state index in [0.29, 0.717) is 11.1 Å². The maximum Gasteiger partial charge on any atom is 0.130 e. The molecule has 0 radical (unpaired) electrons. The summed E-state index contributed by atoms with van der Waals surface area (Å²) in [6.07, 6.45) is 6.71. The highest BCUT2D eigenvalue weighted by Gasteiger charge is 2.12.